The molecule has 1 saturated heterocycles. The van der Waals surface area contributed by atoms with Gasteiger partial charge in [-0.2, -0.15) is 0 Å². The average molecular weight is 249 g/mol. The molecule has 0 aromatic heterocycles. The lowest BCUT2D eigenvalue weighted by atomic mass is 9.94. The van der Waals surface area contributed by atoms with Crippen LogP contribution in [0.15, 0.2) is 24.3 Å². The first kappa shape index (κ1) is 11.7. The van der Waals surface area contributed by atoms with Crippen LogP contribution in [0.25, 0.3) is 0 Å². The van der Waals surface area contributed by atoms with Gasteiger partial charge in [-0.05, 0) is 25.3 Å². The summed E-state index contributed by atoms with van der Waals surface area (Å²) in [4.78, 5) is 14.1. The van der Waals surface area contributed by atoms with Crippen molar-refractivity contribution in [2.75, 3.05) is 13.1 Å². The highest BCUT2D eigenvalue weighted by Gasteiger charge is 2.54. The summed E-state index contributed by atoms with van der Waals surface area (Å²) < 4.78 is 13.8. The summed E-state index contributed by atoms with van der Waals surface area (Å²) in [6, 6.07) is 6.51. The molecule has 0 unspecified atom stereocenters. The van der Waals surface area contributed by atoms with E-state index in [4.69, 9.17) is 0 Å². The Kier molecular flexibility index (Phi) is 2.63. The number of likely N-dealkylation sites (tertiary alicyclic amines) is 1. The summed E-state index contributed by atoms with van der Waals surface area (Å²) in [6.07, 6.45) is 1.61. The van der Waals surface area contributed by atoms with Crippen LogP contribution >= 0.6 is 0 Å². The minimum absolute atomic E-state index is 0.0239. The van der Waals surface area contributed by atoms with E-state index in [1.165, 1.54) is 6.07 Å². The van der Waals surface area contributed by atoms with Crippen LogP contribution < -0.4 is 0 Å². The standard InChI is InChI=1S/C14H16FNO2/c15-12-4-2-1-3-11(12)14(6-7-14)13(18)16-8-5-10(17)9-16/h1-4,10,17H,5-9H2/t10-/m1/s1. The Bertz CT molecular complexity index is 484. The van der Waals surface area contributed by atoms with E-state index in [9.17, 15) is 14.3 Å². The molecule has 0 bridgehead atoms. The van der Waals surface area contributed by atoms with E-state index in [-0.39, 0.29) is 11.7 Å². The first-order valence-electron chi connectivity index (χ1n) is 6.36. The molecular formula is C14H16FNO2. The molecular weight excluding hydrogens is 233 g/mol. The molecule has 1 N–H and O–H groups in total. The highest BCUT2D eigenvalue weighted by Crippen LogP contribution is 2.50. The zero-order valence-electron chi connectivity index (χ0n) is 10.1. The Hall–Kier alpha value is -1.42. The fourth-order valence-corrected chi connectivity index (χ4v) is 2.80. The monoisotopic (exact) mass is 249 g/mol. The van der Waals surface area contributed by atoms with Gasteiger partial charge in [-0.15, -0.1) is 0 Å². The van der Waals surface area contributed by atoms with E-state index in [2.05, 4.69) is 0 Å². The smallest absolute Gasteiger partial charge is 0.233 e. The maximum atomic E-state index is 13.8. The molecule has 4 heteroatoms. The van der Waals surface area contributed by atoms with Gasteiger partial charge in [0.1, 0.15) is 5.82 Å². The summed E-state index contributed by atoms with van der Waals surface area (Å²) in [5.74, 6) is -0.327. The summed E-state index contributed by atoms with van der Waals surface area (Å²) in [6.45, 7) is 0.964. The van der Waals surface area contributed by atoms with Crippen molar-refractivity contribution in [3.8, 4) is 0 Å². The van der Waals surface area contributed by atoms with E-state index in [1.54, 1.807) is 23.1 Å². The number of β-amino-alcohol motifs (C(OH)–C–C–N with tert-alkyl or cyclic N) is 1. The van der Waals surface area contributed by atoms with Crippen molar-refractivity contribution in [1.29, 1.82) is 0 Å². The number of hydrogen-bond acceptors (Lipinski definition) is 2. The zero-order chi connectivity index (χ0) is 12.8. The number of carbonyl (C=O) groups excluding carboxylic acids is 1. The quantitative estimate of drug-likeness (QED) is 0.861. The van der Waals surface area contributed by atoms with Crippen LogP contribution in [-0.2, 0) is 10.2 Å². The molecule has 1 aliphatic carbocycles. The van der Waals surface area contributed by atoms with E-state index in [0.29, 0.717) is 37.9 Å². The minimum atomic E-state index is -0.657. The van der Waals surface area contributed by atoms with Gasteiger partial charge in [0, 0.05) is 18.7 Å². The first-order chi connectivity index (χ1) is 8.63. The third-order valence-corrected chi connectivity index (χ3v) is 4.00. The van der Waals surface area contributed by atoms with E-state index in [0.717, 1.165) is 0 Å². The topological polar surface area (TPSA) is 40.5 Å². The van der Waals surface area contributed by atoms with Crippen molar-refractivity contribution in [1.82, 2.24) is 4.90 Å². The second kappa shape index (κ2) is 4.05. The normalized spacial score (nSPS) is 25.2. The first-order valence-corrected chi connectivity index (χ1v) is 6.36. The number of hydrogen-bond donors (Lipinski definition) is 1. The molecule has 1 saturated carbocycles. The Morgan fingerprint density at radius 1 is 1.39 bits per heavy atom. The van der Waals surface area contributed by atoms with Crippen molar-refractivity contribution in [2.24, 2.45) is 0 Å². The van der Waals surface area contributed by atoms with Crippen LogP contribution in [0.2, 0.25) is 0 Å². The molecule has 2 fully saturated rings. The second-order valence-corrected chi connectivity index (χ2v) is 5.26. The minimum Gasteiger partial charge on any atom is -0.391 e. The molecule has 3 rings (SSSR count). The number of aliphatic hydroxyl groups is 1. The van der Waals surface area contributed by atoms with Gasteiger partial charge in [-0.3, -0.25) is 4.79 Å². The number of benzene rings is 1. The largest absolute Gasteiger partial charge is 0.391 e. The maximum absolute atomic E-state index is 13.8. The highest BCUT2D eigenvalue weighted by atomic mass is 19.1. The molecule has 0 spiro atoms. The van der Waals surface area contributed by atoms with Gasteiger partial charge in [-0.25, -0.2) is 4.39 Å². The van der Waals surface area contributed by atoms with Gasteiger partial charge >= 0.3 is 0 Å². The second-order valence-electron chi connectivity index (χ2n) is 5.26. The molecule has 2 aliphatic rings. The van der Waals surface area contributed by atoms with Gasteiger partial charge in [0.2, 0.25) is 5.91 Å². The molecule has 3 nitrogen and oxygen atoms in total. The average Bonchev–Trinajstić information content (AvgIpc) is 3.05. The molecule has 96 valence electrons. The van der Waals surface area contributed by atoms with Gasteiger partial charge in [0.05, 0.1) is 11.5 Å². The van der Waals surface area contributed by atoms with Crippen molar-refractivity contribution in [3.05, 3.63) is 35.6 Å². The zero-order valence-corrected chi connectivity index (χ0v) is 10.1. The lowest BCUT2D eigenvalue weighted by Gasteiger charge is -2.23. The molecule has 1 aliphatic heterocycles. The van der Waals surface area contributed by atoms with E-state index >= 15 is 0 Å². The number of carbonyl (C=O) groups is 1. The Balaban J connectivity index is 1.87. The van der Waals surface area contributed by atoms with Crippen molar-refractivity contribution in [2.45, 2.75) is 30.8 Å². The lowest BCUT2D eigenvalue weighted by molar-refractivity contribution is -0.133. The van der Waals surface area contributed by atoms with Crippen molar-refractivity contribution < 1.29 is 14.3 Å². The number of aliphatic hydroxyl groups excluding tert-OH is 1. The predicted octanol–water partition coefficient (Wildman–Crippen LogP) is 1.45. The molecule has 1 amide bonds. The molecule has 0 radical (unpaired) electrons. The van der Waals surface area contributed by atoms with E-state index < -0.39 is 11.5 Å². The van der Waals surface area contributed by atoms with Crippen molar-refractivity contribution >= 4 is 5.91 Å². The summed E-state index contributed by atoms with van der Waals surface area (Å²) >= 11 is 0. The van der Waals surface area contributed by atoms with Crippen LogP contribution in [-0.4, -0.2) is 35.1 Å². The molecule has 1 atom stereocenters. The molecule has 1 aromatic carbocycles. The van der Waals surface area contributed by atoms with Crippen LogP contribution in [0, 0.1) is 5.82 Å². The fourth-order valence-electron chi connectivity index (χ4n) is 2.80. The maximum Gasteiger partial charge on any atom is 0.233 e. The number of nitrogens with zero attached hydrogens (tertiary/aromatic N) is 1. The number of halogens is 1. The van der Waals surface area contributed by atoms with Gasteiger partial charge in [-0.1, -0.05) is 18.2 Å². The summed E-state index contributed by atoms with van der Waals surface area (Å²) in [7, 11) is 0. The molecule has 1 aromatic rings. The Labute approximate surface area is 105 Å². The van der Waals surface area contributed by atoms with Gasteiger partial charge in [0.25, 0.3) is 0 Å². The highest BCUT2D eigenvalue weighted by molar-refractivity contribution is 5.91. The molecule has 1 heterocycles. The number of rotatable bonds is 2. The third kappa shape index (κ3) is 1.72. The van der Waals surface area contributed by atoms with Crippen molar-refractivity contribution in [3.63, 3.8) is 0 Å². The Morgan fingerprint density at radius 2 is 2.11 bits per heavy atom. The lowest BCUT2D eigenvalue weighted by Crippen LogP contribution is -2.38. The predicted molar refractivity (Wildman–Crippen MR) is 64.5 cm³/mol. The SMILES string of the molecule is O=C(N1CC[C@@H](O)C1)C1(c2ccccc2F)CC1. The molecule has 18 heavy (non-hydrogen) atoms. The van der Waals surface area contributed by atoms with Crippen LogP contribution in [0.5, 0.6) is 0 Å². The fraction of sp³-hybridized carbons (Fsp3) is 0.500. The van der Waals surface area contributed by atoms with Crippen LogP contribution in [0.3, 0.4) is 0 Å². The van der Waals surface area contributed by atoms with Gasteiger partial charge < -0.3 is 10.0 Å². The third-order valence-electron chi connectivity index (χ3n) is 4.00. The summed E-state index contributed by atoms with van der Waals surface area (Å²) in [5, 5.41) is 9.49. The Morgan fingerprint density at radius 3 is 2.67 bits per heavy atom. The van der Waals surface area contributed by atoms with Crippen LogP contribution in [0.1, 0.15) is 24.8 Å². The van der Waals surface area contributed by atoms with Crippen LogP contribution in [0.4, 0.5) is 4.39 Å². The number of amides is 1. The summed E-state index contributed by atoms with van der Waals surface area (Å²) in [5.41, 5.74) is -0.147. The van der Waals surface area contributed by atoms with E-state index in [1.807, 2.05) is 0 Å². The van der Waals surface area contributed by atoms with Gasteiger partial charge in [0.15, 0.2) is 0 Å².